The van der Waals surface area contributed by atoms with E-state index >= 15 is 0 Å². The topological polar surface area (TPSA) is 507 Å². The number of hydrogen-bond acceptors (Lipinski definition) is 18. The van der Waals surface area contributed by atoms with Gasteiger partial charge in [-0.05, 0) is 163 Å². The number of phenolic OH excluding ortho intramolecular Hbond substituents is 2. The van der Waals surface area contributed by atoms with Gasteiger partial charge in [-0.2, -0.15) is 0 Å². The van der Waals surface area contributed by atoms with Gasteiger partial charge >= 0.3 is 11.9 Å². The van der Waals surface area contributed by atoms with E-state index < -0.39 is 138 Å². The van der Waals surface area contributed by atoms with E-state index in [9.17, 15) is 73.2 Å². The van der Waals surface area contributed by atoms with Gasteiger partial charge in [-0.25, -0.2) is 4.79 Å². The summed E-state index contributed by atoms with van der Waals surface area (Å²) in [7, 11) is 0. The summed E-state index contributed by atoms with van der Waals surface area (Å²) in [6.07, 6.45) is 2.41. The number of rotatable bonds is 46. The van der Waals surface area contributed by atoms with E-state index in [1.165, 1.54) is 55.5 Å². The van der Waals surface area contributed by atoms with E-state index in [0.29, 0.717) is 81.1 Å². The number of hydrogen-bond donors (Lipinski definition) is 18. The van der Waals surface area contributed by atoms with E-state index in [2.05, 4.69) is 47.9 Å². The number of carbonyl (C=O) groups is 11. The molecule has 3 aromatic rings. The average molecular weight is 1320 g/mol. The fourth-order valence-electron chi connectivity index (χ4n) is 9.96. The third-order valence-corrected chi connectivity index (χ3v) is 15.3. The molecule has 10 atom stereocenters. The van der Waals surface area contributed by atoms with Gasteiger partial charge < -0.3 is 96.9 Å². The van der Waals surface area contributed by atoms with Crippen LogP contribution in [-0.2, 0) is 72.0 Å². The molecule has 0 aromatic heterocycles. The van der Waals surface area contributed by atoms with Crippen molar-refractivity contribution in [1.82, 2.24) is 47.9 Å². The molecular weight excluding hydrogens is 1220 g/mol. The van der Waals surface area contributed by atoms with E-state index in [4.69, 9.17) is 28.7 Å². The highest BCUT2D eigenvalue weighted by atomic mass is 16.4. The summed E-state index contributed by atoms with van der Waals surface area (Å²) in [5, 5.41) is 63.4. The summed E-state index contributed by atoms with van der Waals surface area (Å²) in [6, 6.07) is 6.31. The van der Waals surface area contributed by atoms with E-state index in [-0.39, 0.29) is 81.9 Å². The van der Waals surface area contributed by atoms with Crippen LogP contribution < -0.4 is 76.5 Å². The molecule has 3 rings (SSSR count). The van der Waals surface area contributed by atoms with Crippen molar-refractivity contribution in [3.63, 3.8) is 0 Å². The molecule has 0 aliphatic rings. The first-order chi connectivity index (χ1) is 44.8. The Morgan fingerprint density at radius 1 is 0.362 bits per heavy atom. The van der Waals surface area contributed by atoms with Gasteiger partial charge in [-0.1, -0.05) is 74.9 Å². The highest BCUT2D eigenvalue weighted by Gasteiger charge is 2.36. The Labute approximate surface area is 548 Å². The van der Waals surface area contributed by atoms with Crippen LogP contribution in [-0.4, -0.2) is 172 Å². The number of aromatic hydroxyl groups is 2. The van der Waals surface area contributed by atoms with Gasteiger partial charge in [-0.15, -0.1) is 0 Å². The van der Waals surface area contributed by atoms with Crippen molar-refractivity contribution in [2.75, 3.05) is 26.2 Å². The van der Waals surface area contributed by atoms with Crippen molar-refractivity contribution >= 4 is 65.1 Å². The van der Waals surface area contributed by atoms with Gasteiger partial charge in [0.15, 0.2) is 0 Å². The van der Waals surface area contributed by atoms with Crippen molar-refractivity contribution in [2.24, 2.45) is 34.6 Å². The number of unbranched alkanes of at least 4 members (excludes halogenated alkanes) is 4. The zero-order chi connectivity index (χ0) is 69.7. The molecule has 0 fully saturated rings. The lowest BCUT2D eigenvalue weighted by Gasteiger charge is -2.28. The molecule has 29 heteroatoms. The summed E-state index contributed by atoms with van der Waals surface area (Å²) in [6.45, 7) is 6.03. The molecule has 0 unspecified atom stereocenters. The van der Waals surface area contributed by atoms with Crippen molar-refractivity contribution in [2.45, 2.75) is 197 Å². The van der Waals surface area contributed by atoms with Crippen LogP contribution in [0.1, 0.15) is 134 Å². The maximum atomic E-state index is 14.5. The second kappa shape index (κ2) is 43.2. The summed E-state index contributed by atoms with van der Waals surface area (Å²) < 4.78 is 0. The molecule has 23 N–H and O–H groups in total. The number of benzene rings is 3. The van der Waals surface area contributed by atoms with E-state index in [1.807, 2.05) is 0 Å². The van der Waals surface area contributed by atoms with Crippen LogP contribution >= 0.6 is 0 Å². The number of phenols is 2. The summed E-state index contributed by atoms with van der Waals surface area (Å²) in [5.74, 6) is -10.7. The number of nitrogens with one attached hydrogen (secondary N) is 9. The zero-order valence-corrected chi connectivity index (χ0v) is 54.1. The molecule has 0 heterocycles. The number of carboxylic acid groups (broad SMARTS) is 2. The molecule has 0 aliphatic carbocycles. The largest absolute Gasteiger partial charge is 0.508 e. The molecule has 0 radical (unpaired) electrons. The second-order valence-electron chi connectivity index (χ2n) is 23.8. The lowest BCUT2D eigenvalue weighted by atomic mass is 10.00. The molecule has 29 nitrogen and oxygen atoms in total. The molecule has 9 amide bonds. The predicted molar refractivity (Wildman–Crippen MR) is 350 cm³/mol. The van der Waals surface area contributed by atoms with Crippen molar-refractivity contribution < 1.29 is 73.2 Å². The quantitative estimate of drug-likeness (QED) is 0.0312. The van der Waals surface area contributed by atoms with E-state index in [1.54, 1.807) is 44.2 Å². The second-order valence-corrected chi connectivity index (χ2v) is 23.8. The summed E-state index contributed by atoms with van der Waals surface area (Å²) in [4.78, 5) is 152. The Kier molecular flexibility index (Phi) is 36.5. The van der Waals surface area contributed by atoms with Crippen molar-refractivity contribution in [3.8, 4) is 11.5 Å². The SMILES string of the molecule is CC(C)C[C@H](NC(=O)[C@H](C)NC(=O)[C@H](Cc1ccc(O)cc1)NC(=O)[C@H](CCC(=O)O)NC(=O)[C@H](CCCCN)NC(=O)[C@H](CCCCN)NC(=O)[C@H](CCCCN)NC(=O)[C@@H](N)CCCCN)C(=O)N[C@@H](Cc1ccccc1)C(=O)N[C@@H](Cc1ccc(O)cc1)C(=O)O. The molecule has 3 aromatic carbocycles. The Balaban J connectivity index is 1.92. The Morgan fingerprint density at radius 2 is 0.681 bits per heavy atom. The van der Waals surface area contributed by atoms with Gasteiger partial charge in [0.2, 0.25) is 53.2 Å². The minimum Gasteiger partial charge on any atom is -0.508 e. The number of amides is 9. The van der Waals surface area contributed by atoms with Gasteiger partial charge in [0.1, 0.15) is 65.9 Å². The standard InChI is InChI=1S/C65H100N14O15/c1-39(2)35-51(63(91)78-53(36-41-15-5-4-6-16-41)64(92)79-54(65(93)94)38-43-23-27-45(81)28-24-43)76-56(84)40(3)71-62(90)52(37-42-21-25-44(80)26-22-42)77-61(89)50(29-30-55(82)83)75-60(88)49(20-10-14-34-69)74-59(87)48(19-9-13-33-68)73-58(86)47(18-8-12-32-67)72-57(85)46(70)17-7-11-31-66/h4-6,15-16,21-28,39-40,46-54,80-81H,7-14,17-20,29-38,66-70H2,1-3H3,(H,71,90)(H,72,85)(H,73,86)(H,74,87)(H,75,88)(H,76,84)(H,77,89)(H,78,91)(H,79,92)(H,82,83)(H,93,94)/t40-,46-,47-,48-,49-,50-,51-,52-,53-,54-/m0/s1. The van der Waals surface area contributed by atoms with Gasteiger partial charge in [0.05, 0.1) is 6.04 Å². The number of nitrogens with two attached hydrogens (primary N) is 5. The third kappa shape index (κ3) is 30.3. The van der Waals surface area contributed by atoms with Crippen LogP contribution in [0.3, 0.4) is 0 Å². The molecule has 94 heavy (non-hydrogen) atoms. The van der Waals surface area contributed by atoms with Crippen LogP contribution in [0.15, 0.2) is 78.9 Å². The maximum Gasteiger partial charge on any atom is 0.326 e. The fraction of sp³-hybridized carbons (Fsp3) is 0.554. The number of carboxylic acids is 2. The highest BCUT2D eigenvalue weighted by molar-refractivity contribution is 5.98. The molecular formula is C65H100N14O15. The van der Waals surface area contributed by atoms with Crippen LogP contribution in [0, 0.1) is 5.92 Å². The molecule has 520 valence electrons. The maximum absolute atomic E-state index is 14.5. The molecule has 0 bridgehead atoms. The van der Waals surface area contributed by atoms with Crippen molar-refractivity contribution in [1.29, 1.82) is 0 Å². The van der Waals surface area contributed by atoms with Crippen LogP contribution in [0.5, 0.6) is 11.5 Å². The average Bonchev–Trinajstić information content (AvgIpc) is 1.18. The van der Waals surface area contributed by atoms with Crippen LogP contribution in [0.4, 0.5) is 0 Å². The minimum absolute atomic E-state index is 0.0208. The smallest absolute Gasteiger partial charge is 0.326 e. The monoisotopic (exact) mass is 1320 g/mol. The Morgan fingerprint density at radius 3 is 1.07 bits per heavy atom. The predicted octanol–water partition coefficient (Wildman–Crippen LogP) is -0.652. The summed E-state index contributed by atoms with van der Waals surface area (Å²) >= 11 is 0. The number of aliphatic carboxylic acids is 2. The summed E-state index contributed by atoms with van der Waals surface area (Å²) in [5.41, 5.74) is 30.6. The minimum atomic E-state index is -1.68. The van der Waals surface area contributed by atoms with Gasteiger partial charge in [-0.3, -0.25) is 47.9 Å². The highest BCUT2D eigenvalue weighted by Crippen LogP contribution is 2.17. The van der Waals surface area contributed by atoms with E-state index in [0.717, 1.165) is 0 Å². The molecule has 0 saturated heterocycles. The lowest BCUT2D eigenvalue weighted by molar-refractivity contribution is -0.142. The lowest BCUT2D eigenvalue weighted by Crippen LogP contribution is -2.60. The molecule has 0 spiro atoms. The zero-order valence-electron chi connectivity index (χ0n) is 54.1. The third-order valence-electron chi connectivity index (χ3n) is 15.3. The number of carbonyl (C=O) groups excluding carboxylic acids is 9. The Hall–Kier alpha value is -8.77. The first kappa shape index (κ1) is 79.5. The Bertz CT molecular complexity index is 2890. The molecule has 0 saturated carbocycles. The van der Waals surface area contributed by atoms with Crippen LogP contribution in [0.2, 0.25) is 0 Å². The molecule has 0 aliphatic heterocycles. The fourth-order valence-corrected chi connectivity index (χ4v) is 9.96. The van der Waals surface area contributed by atoms with Gasteiger partial charge in [0, 0.05) is 25.7 Å². The van der Waals surface area contributed by atoms with Crippen molar-refractivity contribution in [3.05, 3.63) is 95.6 Å². The normalized spacial score (nSPS) is 14.4. The van der Waals surface area contributed by atoms with Crippen LogP contribution in [0.25, 0.3) is 0 Å². The first-order valence-corrected chi connectivity index (χ1v) is 32.1. The van der Waals surface area contributed by atoms with Gasteiger partial charge in [0.25, 0.3) is 0 Å². The first-order valence-electron chi connectivity index (χ1n) is 32.1.